The Kier molecular flexibility index (Phi) is 3.13. The Labute approximate surface area is 96.0 Å². The minimum Gasteiger partial charge on any atom is -0.444 e. The van der Waals surface area contributed by atoms with Gasteiger partial charge in [-0.3, -0.25) is 4.90 Å². The highest BCUT2D eigenvalue weighted by molar-refractivity contribution is 5.70. The summed E-state index contributed by atoms with van der Waals surface area (Å²) in [6, 6.07) is 10.2. The molecule has 0 bridgehead atoms. The molecule has 1 aliphatic heterocycles. The van der Waals surface area contributed by atoms with Crippen molar-refractivity contribution in [2.45, 2.75) is 39.0 Å². The lowest BCUT2D eigenvalue weighted by Gasteiger charge is -2.21. The largest absolute Gasteiger partial charge is 0.444 e. The first-order valence-electron chi connectivity index (χ1n) is 5.73. The molecule has 3 heteroatoms. The van der Waals surface area contributed by atoms with Gasteiger partial charge in [-0.25, -0.2) is 4.79 Å². The molecule has 0 aliphatic carbocycles. The van der Waals surface area contributed by atoms with E-state index >= 15 is 0 Å². The third-order valence-corrected chi connectivity index (χ3v) is 3.08. The van der Waals surface area contributed by atoms with Gasteiger partial charge >= 0.3 is 6.09 Å². The maximum Gasteiger partial charge on any atom is 0.410 e. The topological polar surface area (TPSA) is 29.5 Å². The summed E-state index contributed by atoms with van der Waals surface area (Å²) in [6.07, 6.45) is 0.740. The van der Waals surface area contributed by atoms with Crippen LogP contribution in [-0.2, 0) is 11.3 Å². The summed E-state index contributed by atoms with van der Waals surface area (Å²) in [5, 5.41) is 0. The first-order valence-corrected chi connectivity index (χ1v) is 5.73. The molecule has 0 N–H and O–H groups in total. The van der Waals surface area contributed by atoms with Crippen molar-refractivity contribution in [3.05, 3.63) is 35.9 Å². The molecule has 2 atom stereocenters. The van der Waals surface area contributed by atoms with E-state index in [9.17, 15) is 4.79 Å². The fourth-order valence-corrected chi connectivity index (χ4v) is 2.21. The van der Waals surface area contributed by atoms with Gasteiger partial charge in [0, 0.05) is 6.54 Å². The Hall–Kier alpha value is -1.51. The second-order valence-electron chi connectivity index (χ2n) is 4.18. The number of nitrogens with zero attached hydrogens (tertiary/aromatic N) is 1. The second-order valence-corrected chi connectivity index (χ2v) is 4.18. The number of cyclic esters (lactones) is 1. The first-order chi connectivity index (χ1) is 7.72. The number of carbonyl (C=O) groups excluding carboxylic acids is 1. The van der Waals surface area contributed by atoms with Gasteiger partial charge in [-0.2, -0.15) is 0 Å². The quantitative estimate of drug-likeness (QED) is 0.782. The molecule has 16 heavy (non-hydrogen) atoms. The van der Waals surface area contributed by atoms with Crippen molar-refractivity contribution in [1.82, 2.24) is 4.90 Å². The van der Waals surface area contributed by atoms with Crippen molar-refractivity contribution in [1.29, 1.82) is 0 Å². The van der Waals surface area contributed by atoms with Crippen LogP contribution in [0.4, 0.5) is 4.79 Å². The zero-order valence-corrected chi connectivity index (χ0v) is 9.72. The van der Waals surface area contributed by atoms with Gasteiger partial charge in [0.25, 0.3) is 0 Å². The van der Waals surface area contributed by atoms with Gasteiger partial charge in [-0.1, -0.05) is 37.3 Å². The van der Waals surface area contributed by atoms with E-state index in [1.165, 1.54) is 0 Å². The molecule has 0 aromatic heterocycles. The van der Waals surface area contributed by atoms with Crippen molar-refractivity contribution in [2.24, 2.45) is 0 Å². The highest BCUT2D eigenvalue weighted by Gasteiger charge is 2.37. The Morgan fingerprint density at radius 1 is 1.31 bits per heavy atom. The summed E-state index contributed by atoms with van der Waals surface area (Å²) in [5.74, 6) is 0. The Morgan fingerprint density at radius 2 is 2.00 bits per heavy atom. The van der Waals surface area contributed by atoms with Crippen molar-refractivity contribution in [3.8, 4) is 0 Å². The summed E-state index contributed by atoms with van der Waals surface area (Å²) >= 11 is 0. The summed E-state index contributed by atoms with van der Waals surface area (Å²) < 4.78 is 5.24. The maximum atomic E-state index is 11.7. The molecule has 2 rings (SSSR count). The average molecular weight is 219 g/mol. The fourth-order valence-electron chi connectivity index (χ4n) is 2.21. The molecule has 1 saturated heterocycles. The molecule has 1 fully saturated rings. The molecule has 1 heterocycles. The number of hydrogen-bond donors (Lipinski definition) is 0. The van der Waals surface area contributed by atoms with Gasteiger partial charge < -0.3 is 4.74 Å². The van der Waals surface area contributed by atoms with Crippen LogP contribution in [0.2, 0.25) is 0 Å². The van der Waals surface area contributed by atoms with Crippen LogP contribution in [0.1, 0.15) is 25.8 Å². The van der Waals surface area contributed by atoms with Crippen molar-refractivity contribution in [3.63, 3.8) is 0 Å². The van der Waals surface area contributed by atoms with E-state index in [-0.39, 0.29) is 18.2 Å². The van der Waals surface area contributed by atoms with Gasteiger partial charge in [0.2, 0.25) is 0 Å². The number of rotatable bonds is 3. The molecule has 1 aromatic rings. The van der Waals surface area contributed by atoms with E-state index in [0.29, 0.717) is 6.54 Å². The van der Waals surface area contributed by atoms with E-state index in [2.05, 4.69) is 6.92 Å². The van der Waals surface area contributed by atoms with Crippen LogP contribution in [0, 0.1) is 0 Å². The smallest absolute Gasteiger partial charge is 0.410 e. The first kappa shape index (κ1) is 11.0. The number of ether oxygens (including phenoxy) is 1. The molecule has 1 aromatic carbocycles. The van der Waals surface area contributed by atoms with Crippen LogP contribution in [-0.4, -0.2) is 23.1 Å². The molecule has 0 radical (unpaired) electrons. The maximum absolute atomic E-state index is 11.7. The molecule has 1 amide bonds. The van der Waals surface area contributed by atoms with E-state index in [1.54, 1.807) is 0 Å². The summed E-state index contributed by atoms with van der Waals surface area (Å²) in [6.45, 7) is 4.68. The summed E-state index contributed by atoms with van der Waals surface area (Å²) in [4.78, 5) is 13.5. The predicted molar refractivity (Wildman–Crippen MR) is 62.0 cm³/mol. The minimum atomic E-state index is -0.191. The van der Waals surface area contributed by atoms with Gasteiger partial charge in [0.15, 0.2) is 0 Å². The van der Waals surface area contributed by atoms with Crippen LogP contribution >= 0.6 is 0 Å². The molecule has 0 spiro atoms. The van der Waals surface area contributed by atoms with Crippen LogP contribution in [0.3, 0.4) is 0 Å². The molecular formula is C13H17NO2. The lowest BCUT2D eigenvalue weighted by atomic mass is 10.1. The van der Waals surface area contributed by atoms with Crippen molar-refractivity contribution < 1.29 is 9.53 Å². The molecule has 3 nitrogen and oxygen atoms in total. The SMILES string of the molecule is CC[C@@H]1[C@H](C)OC(=O)N1Cc1ccccc1. The number of hydrogen-bond acceptors (Lipinski definition) is 2. The molecule has 1 aliphatic rings. The van der Waals surface area contributed by atoms with Gasteiger partial charge in [-0.15, -0.1) is 0 Å². The lowest BCUT2D eigenvalue weighted by Crippen LogP contribution is -2.34. The third kappa shape index (κ3) is 2.03. The Morgan fingerprint density at radius 3 is 2.62 bits per heavy atom. The Bertz CT molecular complexity index is 363. The monoisotopic (exact) mass is 219 g/mol. The average Bonchev–Trinajstić information content (AvgIpc) is 2.55. The molecule has 86 valence electrons. The van der Waals surface area contributed by atoms with Gasteiger partial charge in [-0.05, 0) is 18.9 Å². The lowest BCUT2D eigenvalue weighted by molar-refractivity contribution is 0.136. The second kappa shape index (κ2) is 4.56. The zero-order chi connectivity index (χ0) is 11.5. The third-order valence-electron chi connectivity index (χ3n) is 3.08. The molecule has 0 unspecified atom stereocenters. The summed E-state index contributed by atoms with van der Waals surface area (Å²) in [7, 11) is 0. The van der Waals surface area contributed by atoms with E-state index in [0.717, 1.165) is 12.0 Å². The molecule has 0 saturated carbocycles. The normalized spacial score (nSPS) is 24.6. The van der Waals surface area contributed by atoms with Gasteiger partial charge in [0.1, 0.15) is 6.10 Å². The Balaban J connectivity index is 2.11. The van der Waals surface area contributed by atoms with E-state index in [4.69, 9.17) is 4.74 Å². The highest BCUT2D eigenvalue weighted by Crippen LogP contribution is 2.23. The van der Waals surface area contributed by atoms with Crippen molar-refractivity contribution in [2.75, 3.05) is 0 Å². The zero-order valence-electron chi connectivity index (χ0n) is 9.72. The summed E-state index contributed by atoms with van der Waals surface area (Å²) in [5.41, 5.74) is 1.15. The number of carbonyl (C=O) groups is 1. The van der Waals surface area contributed by atoms with Crippen LogP contribution in [0.15, 0.2) is 30.3 Å². The van der Waals surface area contributed by atoms with Crippen LogP contribution < -0.4 is 0 Å². The molecular weight excluding hydrogens is 202 g/mol. The highest BCUT2D eigenvalue weighted by atomic mass is 16.6. The predicted octanol–water partition coefficient (Wildman–Crippen LogP) is 2.81. The van der Waals surface area contributed by atoms with Crippen LogP contribution in [0.5, 0.6) is 0 Å². The van der Waals surface area contributed by atoms with E-state index < -0.39 is 0 Å². The standard InChI is InChI=1S/C13H17NO2/c1-3-12-10(2)16-13(15)14(12)9-11-7-5-4-6-8-11/h4-8,10,12H,3,9H2,1-2H3/t10-,12+/m0/s1. The van der Waals surface area contributed by atoms with Crippen LogP contribution in [0.25, 0.3) is 0 Å². The van der Waals surface area contributed by atoms with E-state index in [1.807, 2.05) is 42.2 Å². The number of benzene rings is 1. The van der Waals surface area contributed by atoms with Crippen molar-refractivity contribution >= 4 is 6.09 Å². The fraction of sp³-hybridized carbons (Fsp3) is 0.462. The minimum absolute atomic E-state index is 0.00112. The van der Waals surface area contributed by atoms with Gasteiger partial charge in [0.05, 0.1) is 6.04 Å². The number of amides is 1.